The molecule has 16 nitrogen and oxygen atoms in total. The van der Waals surface area contributed by atoms with Crippen molar-refractivity contribution in [2.45, 2.75) is 82.0 Å². The summed E-state index contributed by atoms with van der Waals surface area (Å²) in [6.45, 7) is 0.332. The molecule has 0 aromatic heterocycles. The van der Waals surface area contributed by atoms with Crippen molar-refractivity contribution in [2.24, 2.45) is 11.5 Å². The summed E-state index contributed by atoms with van der Waals surface area (Å²) in [5, 5.41) is 18.9. The number of hydrogen-bond donors (Lipinski definition) is 6. The van der Waals surface area contributed by atoms with Crippen molar-refractivity contribution >= 4 is 58.2 Å². The molecule has 2 aliphatic rings. The van der Waals surface area contributed by atoms with E-state index in [1.165, 1.54) is 4.90 Å². The first kappa shape index (κ1) is 38.0. The van der Waals surface area contributed by atoms with Gasteiger partial charge in [-0.05, 0) is 54.9 Å². The van der Waals surface area contributed by atoms with Gasteiger partial charge in [-0.25, -0.2) is 4.79 Å². The molecule has 272 valence electrons. The van der Waals surface area contributed by atoms with Crippen molar-refractivity contribution in [3.8, 4) is 0 Å². The van der Waals surface area contributed by atoms with Gasteiger partial charge >= 0.3 is 12.0 Å². The lowest BCUT2D eigenvalue weighted by Gasteiger charge is -2.37. The molecule has 1 fully saturated rings. The number of nitrogens with two attached hydrogens (primary N) is 2. The molecule has 0 aliphatic carbocycles. The Morgan fingerprint density at radius 2 is 1.59 bits per heavy atom. The van der Waals surface area contributed by atoms with Crippen LogP contribution in [0.4, 0.5) is 4.79 Å². The van der Waals surface area contributed by atoms with Gasteiger partial charge in [0.1, 0.15) is 18.1 Å². The fourth-order valence-corrected chi connectivity index (χ4v) is 6.36. The second-order valence-electron chi connectivity index (χ2n) is 12.6. The standard InChI is InChI=1S/C35H43N7O9/c36-32(48)25(8-5-16-38-35(37)51)39-33(49)26(19-21-10-11-22-6-1-2-7-23(22)18-21)40-34(50)27-9-3-4-17-41(27)30(45)20-24(12-15-31(46)47)42-28(43)13-14-29(42)44/h1-2,6-7,10-11,13-14,18,24-27H,3-5,8-9,12,15-17,19-20H2,(H2,36,48)(H,39,49)(H,40,50)(H,46,47)(H3,37,38,51)/t24-,25-,26-,27-/m0/s1. The number of rotatable bonds is 17. The number of carboxylic acids is 1. The first-order valence-corrected chi connectivity index (χ1v) is 16.8. The van der Waals surface area contributed by atoms with Crippen molar-refractivity contribution in [1.82, 2.24) is 25.8 Å². The maximum Gasteiger partial charge on any atom is 0.312 e. The van der Waals surface area contributed by atoms with E-state index in [0.717, 1.165) is 27.8 Å². The summed E-state index contributed by atoms with van der Waals surface area (Å²) >= 11 is 0. The molecule has 2 aliphatic heterocycles. The van der Waals surface area contributed by atoms with E-state index in [9.17, 15) is 43.5 Å². The molecule has 0 unspecified atom stereocenters. The molecule has 51 heavy (non-hydrogen) atoms. The molecule has 2 aromatic carbocycles. The molecular formula is C35H43N7O9. The summed E-state index contributed by atoms with van der Waals surface area (Å²) in [6.07, 6.45) is 3.01. The Bertz CT molecular complexity index is 1690. The fraction of sp³-hybridized carbons (Fsp3) is 0.429. The number of benzene rings is 2. The number of carboxylic acid groups (broad SMARTS) is 1. The van der Waals surface area contributed by atoms with Crippen LogP contribution in [0, 0.1) is 0 Å². The van der Waals surface area contributed by atoms with Gasteiger partial charge in [0.05, 0.1) is 0 Å². The van der Waals surface area contributed by atoms with Crippen LogP contribution in [0.15, 0.2) is 54.6 Å². The number of nitrogens with one attached hydrogen (secondary N) is 3. The van der Waals surface area contributed by atoms with Crippen LogP contribution < -0.4 is 27.4 Å². The molecule has 0 bridgehead atoms. The van der Waals surface area contributed by atoms with Gasteiger partial charge in [-0.2, -0.15) is 0 Å². The van der Waals surface area contributed by atoms with Crippen LogP contribution in [0.3, 0.4) is 0 Å². The number of hydrogen-bond acceptors (Lipinski definition) is 8. The van der Waals surface area contributed by atoms with Gasteiger partial charge in [-0.1, -0.05) is 42.5 Å². The minimum Gasteiger partial charge on any atom is -0.481 e. The van der Waals surface area contributed by atoms with Crippen molar-refractivity contribution in [2.75, 3.05) is 13.1 Å². The molecule has 1 saturated heterocycles. The van der Waals surface area contributed by atoms with Crippen LogP contribution in [0.2, 0.25) is 0 Å². The van der Waals surface area contributed by atoms with Gasteiger partial charge in [0.25, 0.3) is 11.8 Å². The number of carbonyl (C=O) groups is 8. The molecule has 2 aromatic rings. The third kappa shape index (κ3) is 10.6. The number of imide groups is 1. The Morgan fingerprint density at radius 3 is 2.25 bits per heavy atom. The van der Waals surface area contributed by atoms with Crippen LogP contribution in [0.1, 0.15) is 56.9 Å². The van der Waals surface area contributed by atoms with Gasteiger partial charge in [0.2, 0.25) is 23.6 Å². The number of aliphatic carboxylic acids is 1. The van der Waals surface area contributed by atoms with Crippen molar-refractivity contribution < 1.29 is 43.5 Å². The average molecular weight is 706 g/mol. The monoisotopic (exact) mass is 705 g/mol. The predicted octanol–water partition coefficient (Wildman–Crippen LogP) is 0.215. The number of primary amides is 2. The number of nitrogens with zero attached hydrogens (tertiary/aromatic N) is 2. The molecule has 0 spiro atoms. The molecule has 0 radical (unpaired) electrons. The Hall–Kier alpha value is -5.80. The van der Waals surface area contributed by atoms with E-state index in [2.05, 4.69) is 16.0 Å². The first-order valence-electron chi connectivity index (χ1n) is 16.8. The van der Waals surface area contributed by atoms with E-state index in [4.69, 9.17) is 11.5 Å². The highest BCUT2D eigenvalue weighted by Gasteiger charge is 2.38. The third-order valence-electron chi connectivity index (χ3n) is 8.95. The van der Waals surface area contributed by atoms with Crippen LogP contribution in [0.5, 0.6) is 0 Å². The summed E-state index contributed by atoms with van der Waals surface area (Å²) in [5.74, 6) is -5.15. The van der Waals surface area contributed by atoms with Gasteiger partial charge in [-0.15, -0.1) is 0 Å². The molecule has 0 saturated carbocycles. The zero-order chi connectivity index (χ0) is 37.1. The topological polar surface area (TPSA) is 251 Å². The van der Waals surface area contributed by atoms with E-state index < -0.39 is 78.0 Å². The lowest BCUT2D eigenvalue weighted by Crippen LogP contribution is -2.59. The van der Waals surface area contributed by atoms with Gasteiger partial charge in [-0.3, -0.25) is 38.5 Å². The number of urea groups is 1. The minimum absolute atomic E-state index is 0.0290. The molecule has 2 heterocycles. The van der Waals surface area contributed by atoms with Crippen LogP contribution in [-0.2, 0) is 40.0 Å². The van der Waals surface area contributed by atoms with E-state index in [1.54, 1.807) is 0 Å². The summed E-state index contributed by atoms with van der Waals surface area (Å²) in [4.78, 5) is 103. The largest absolute Gasteiger partial charge is 0.481 e. The van der Waals surface area contributed by atoms with E-state index in [1.807, 2.05) is 42.5 Å². The highest BCUT2D eigenvalue weighted by molar-refractivity contribution is 6.13. The van der Waals surface area contributed by atoms with Gasteiger partial charge in [0.15, 0.2) is 0 Å². The SMILES string of the molecule is NC(=O)NCCC[C@H](NC(=O)[C@H](Cc1ccc2ccccc2c1)NC(=O)[C@@H]1CCCCN1C(=O)C[C@H](CCC(=O)O)N1C(=O)C=CC1=O)C(N)=O. The Kier molecular flexibility index (Phi) is 13.2. The first-order chi connectivity index (χ1) is 24.3. The number of fused-ring (bicyclic) bond motifs is 1. The molecule has 16 heteroatoms. The zero-order valence-electron chi connectivity index (χ0n) is 28.0. The molecule has 4 rings (SSSR count). The summed E-state index contributed by atoms with van der Waals surface area (Å²) in [5.41, 5.74) is 11.4. The minimum atomic E-state index is -1.20. The highest BCUT2D eigenvalue weighted by atomic mass is 16.4. The lowest BCUT2D eigenvalue weighted by atomic mass is 9.97. The smallest absolute Gasteiger partial charge is 0.312 e. The molecular weight excluding hydrogens is 662 g/mol. The average Bonchev–Trinajstić information content (AvgIpc) is 3.43. The number of likely N-dealkylation sites (tertiary alicyclic amines) is 1. The zero-order valence-corrected chi connectivity index (χ0v) is 28.0. The Morgan fingerprint density at radius 1 is 0.882 bits per heavy atom. The molecule has 8 amide bonds. The van der Waals surface area contributed by atoms with Crippen molar-refractivity contribution in [1.29, 1.82) is 0 Å². The van der Waals surface area contributed by atoms with Crippen molar-refractivity contribution in [3.63, 3.8) is 0 Å². The van der Waals surface area contributed by atoms with Gasteiger partial charge in [0, 0.05) is 50.5 Å². The lowest BCUT2D eigenvalue weighted by molar-refractivity contribution is -0.147. The fourth-order valence-electron chi connectivity index (χ4n) is 6.36. The van der Waals surface area contributed by atoms with Gasteiger partial charge < -0.3 is 37.4 Å². The maximum absolute atomic E-state index is 14.0. The summed E-state index contributed by atoms with van der Waals surface area (Å²) in [6, 6.07) is 8.08. The molecule has 8 N–H and O–H groups in total. The van der Waals surface area contributed by atoms with E-state index in [-0.39, 0.29) is 51.6 Å². The van der Waals surface area contributed by atoms with E-state index >= 15 is 0 Å². The third-order valence-corrected chi connectivity index (χ3v) is 8.95. The van der Waals surface area contributed by atoms with Crippen LogP contribution in [0.25, 0.3) is 10.8 Å². The van der Waals surface area contributed by atoms with Crippen LogP contribution in [-0.4, -0.2) is 99.6 Å². The normalized spacial score (nSPS) is 17.5. The molecule has 4 atom stereocenters. The Balaban J connectivity index is 1.54. The second kappa shape index (κ2) is 17.7. The highest BCUT2D eigenvalue weighted by Crippen LogP contribution is 2.24. The second-order valence-corrected chi connectivity index (χ2v) is 12.6. The Labute approximate surface area is 293 Å². The van der Waals surface area contributed by atoms with Crippen molar-refractivity contribution in [3.05, 3.63) is 60.2 Å². The maximum atomic E-state index is 14.0. The van der Waals surface area contributed by atoms with E-state index in [0.29, 0.717) is 18.4 Å². The number of piperidine rings is 1. The summed E-state index contributed by atoms with van der Waals surface area (Å²) in [7, 11) is 0. The quantitative estimate of drug-likeness (QED) is 0.0971. The summed E-state index contributed by atoms with van der Waals surface area (Å²) < 4.78 is 0. The number of carbonyl (C=O) groups excluding carboxylic acids is 7. The van der Waals surface area contributed by atoms with Crippen LogP contribution >= 0.6 is 0 Å². The predicted molar refractivity (Wildman–Crippen MR) is 183 cm³/mol. The number of amides is 8.